The molecule has 2 N–H and O–H groups in total. The molecule has 5 nitrogen and oxygen atoms in total. The fourth-order valence-electron chi connectivity index (χ4n) is 2.97. The lowest BCUT2D eigenvalue weighted by atomic mass is 10.0. The first-order chi connectivity index (χ1) is 11.7. The molecule has 3 aromatic rings. The van der Waals surface area contributed by atoms with Crippen LogP contribution in [-0.2, 0) is 9.53 Å². The maximum Gasteiger partial charge on any atom is 0.337 e. The molecule has 0 bridgehead atoms. The first-order valence-corrected chi connectivity index (χ1v) is 7.49. The van der Waals surface area contributed by atoms with Crippen LogP contribution >= 0.6 is 0 Å². The average molecular weight is 318 g/mol. The number of methoxy groups -OCH3 is 1. The number of aromatic amines is 1. The molecule has 24 heavy (non-hydrogen) atoms. The van der Waals surface area contributed by atoms with Gasteiger partial charge in [-0.15, -0.1) is 0 Å². The number of hydrogen-bond donors (Lipinski definition) is 2. The van der Waals surface area contributed by atoms with Crippen molar-refractivity contribution in [3.05, 3.63) is 65.4 Å². The Morgan fingerprint density at radius 3 is 2.88 bits per heavy atom. The van der Waals surface area contributed by atoms with Gasteiger partial charge in [-0.05, 0) is 35.9 Å². The summed E-state index contributed by atoms with van der Waals surface area (Å²) in [5, 5.41) is 3.86. The molecule has 0 atom stereocenters. The number of benzene rings is 2. The summed E-state index contributed by atoms with van der Waals surface area (Å²) in [6, 6.07) is 12.9. The van der Waals surface area contributed by atoms with Crippen LogP contribution in [0.25, 0.3) is 22.6 Å². The predicted molar refractivity (Wildman–Crippen MR) is 92.6 cm³/mol. The third kappa shape index (κ3) is 2.18. The average Bonchev–Trinajstić information content (AvgIpc) is 3.19. The Labute approximate surface area is 137 Å². The lowest BCUT2D eigenvalue weighted by Gasteiger charge is -2.03. The van der Waals surface area contributed by atoms with Crippen molar-refractivity contribution in [2.24, 2.45) is 0 Å². The van der Waals surface area contributed by atoms with Gasteiger partial charge in [-0.3, -0.25) is 4.79 Å². The van der Waals surface area contributed by atoms with Crippen LogP contribution in [0, 0.1) is 0 Å². The molecule has 1 aromatic heterocycles. The smallest absolute Gasteiger partial charge is 0.337 e. The zero-order chi connectivity index (χ0) is 16.7. The van der Waals surface area contributed by atoms with Gasteiger partial charge in [0.2, 0.25) is 0 Å². The van der Waals surface area contributed by atoms with E-state index < -0.39 is 5.97 Å². The number of carbonyl (C=O) groups excluding carboxylic acids is 2. The van der Waals surface area contributed by atoms with Crippen molar-refractivity contribution in [2.45, 2.75) is 0 Å². The van der Waals surface area contributed by atoms with Crippen LogP contribution in [0.15, 0.2) is 48.7 Å². The molecule has 5 heteroatoms. The molecular formula is C19H14N2O3. The summed E-state index contributed by atoms with van der Waals surface area (Å²) in [4.78, 5) is 27.1. The molecule has 0 saturated carbocycles. The van der Waals surface area contributed by atoms with Crippen LogP contribution < -0.4 is 5.32 Å². The molecule has 0 radical (unpaired) electrons. The van der Waals surface area contributed by atoms with Crippen LogP contribution in [0.4, 0.5) is 5.69 Å². The first-order valence-electron chi connectivity index (χ1n) is 7.49. The van der Waals surface area contributed by atoms with Crippen LogP contribution in [-0.4, -0.2) is 24.0 Å². The quantitative estimate of drug-likeness (QED) is 0.561. The summed E-state index contributed by atoms with van der Waals surface area (Å²) in [6.45, 7) is 0. The molecule has 2 heterocycles. The van der Waals surface area contributed by atoms with Gasteiger partial charge in [0, 0.05) is 33.9 Å². The Balaban J connectivity index is 1.82. The van der Waals surface area contributed by atoms with Crippen LogP contribution in [0.2, 0.25) is 0 Å². The van der Waals surface area contributed by atoms with E-state index in [1.807, 2.05) is 36.5 Å². The number of nitrogens with one attached hydrogen (secondary N) is 2. The van der Waals surface area contributed by atoms with Crippen LogP contribution in [0.1, 0.15) is 21.5 Å². The number of anilines is 1. The van der Waals surface area contributed by atoms with Gasteiger partial charge in [-0.2, -0.15) is 0 Å². The Morgan fingerprint density at radius 2 is 2.04 bits per heavy atom. The molecule has 1 amide bonds. The van der Waals surface area contributed by atoms with Crippen LogP contribution in [0.5, 0.6) is 0 Å². The molecule has 0 fully saturated rings. The number of rotatable bonds is 2. The molecule has 0 aliphatic carbocycles. The van der Waals surface area contributed by atoms with Gasteiger partial charge in [0.25, 0.3) is 5.91 Å². The minimum absolute atomic E-state index is 0.181. The SMILES string of the molecule is COC(=O)c1ccc2c(c1)NC(=O)/C2=C/c1cccc2[nH]ccc12. The van der Waals surface area contributed by atoms with E-state index in [0.717, 1.165) is 22.0 Å². The highest BCUT2D eigenvalue weighted by Gasteiger charge is 2.25. The number of aromatic nitrogens is 1. The number of fused-ring (bicyclic) bond motifs is 2. The topological polar surface area (TPSA) is 71.2 Å². The van der Waals surface area contributed by atoms with Gasteiger partial charge < -0.3 is 15.0 Å². The lowest BCUT2D eigenvalue weighted by Crippen LogP contribution is -2.04. The van der Waals surface area contributed by atoms with E-state index in [4.69, 9.17) is 4.74 Å². The zero-order valence-corrected chi connectivity index (χ0v) is 12.9. The third-order valence-corrected chi connectivity index (χ3v) is 4.15. The van der Waals surface area contributed by atoms with E-state index in [1.54, 1.807) is 18.2 Å². The minimum atomic E-state index is -0.429. The predicted octanol–water partition coefficient (Wildman–Crippen LogP) is 3.45. The molecule has 0 spiro atoms. The molecule has 1 aliphatic rings. The Morgan fingerprint density at radius 1 is 1.17 bits per heavy atom. The number of H-pyrrole nitrogens is 1. The maximum absolute atomic E-state index is 12.4. The van der Waals surface area contributed by atoms with Gasteiger partial charge >= 0.3 is 5.97 Å². The van der Waals surface area contributed by atoms with E-state index in [9.17, 15) is 9.59 Å². The largest absolute Gasteiger partial charge is 0.465 e. The van der Waals surface area contributed by atoms with Crippen molar-refractivity contribution < 1.29 is 14.3 Å². The van der Waals surface area contributed by atoms with Crippen molar-refractivity contribution in [2.75, 3.05) is 12.4 Å². The van der Waals surface area contributed by atoms with Gasteiger partial charge in [0.05, 0.1) is 12.7 Å². The fourth-order valence-corrected chi connectivity index (χ4v) is 2.97. The molecule has 0 saturated heterocycles. The number of amides is 1. The zero-order valence-electron chi connectivity index (χ0n) is 12.9. The molecule has 118 valence electrons. The number of carbonyl (C=O) groups is 2. The minimum Gasteiger partial charge on any atom is -0.465 e. The molecule has 1 aliphatic heterocycles. The van der Waals surface area contributed by atoms with Gasteiger partial charge in [0.15, 0.2) is 0 Å². The van der Waals surface area contributed by atoms with E-state index >= 15 is 0 Å². The van der Waals surface area contributed by atoms with E-state index in [0.29, 0.717) is 16.8 Å². The van der Waals surface area contributed by atoms with Crippen LogP contribution in [0.3, 0.4) is 0 Å². The fraction of sp³-hybridized carbons (Fsp3) is 0.0526. The highest BCUT2D eigenvalue weighted by molar-refractivity contribution is 6.35. The number of hydrogen-bond acceptors (Lipinski definition) is 3. The summed E-state index contributed by atoms with van der Waals surface area (Å²) < 4.78 is 4.71. The monoisotopic (exact) mass is 318 g/mol. The van der Waals surface area contributed by atoms with Crippen molar-refractivity contribution in [1.82, 2.24) is 4.98 Å². The van der Waals surface area contributed by atoms with Crippen molar-refractivity contribution >= 4 is 40.1 Å². The summed E-state index contributed by atoms with van der Waals surface area (Å²) in [6.07, 6.45) is 3.74. The van der Waals surface area contributed by atoms with Crippen molar-refractivity contribution in [3.8, 4) is 0 Å². The lowest BCUT2D eigenvalue weighted by molar-refractivity contribution is -0.110. The van der Waals surface area contributed by atoms with Crippen molar-refractivity contribution in [1.29, 1.82) is 0 Å². The highest BCUT2D eigenvalue weighted by atomic mass is 16.5. The van der Waals surface area contributed by atoms with Gasteiger partial charge in [-0.25, -0.2) is 4.79 Å². The second-order valence-corrected chi connectivity index (χ2v) is 5.55. The number of ether oxygens (including phenoxy) is 1. The summed E-state index contributed by atoms with van der Waals surface area (Å²) in [5.74, 6) is -0.610. The summed E-state index contributed by atoms with van der Waals surface area (Å²) in [5.41, 5.74) is 4.36. The van der Waals surface area contributed by atoms with E-state index in [2.05, 4.69) is 10.3 Å². The van der Waals surface area contributed by atoms with Crippen molar-refractivity contribution in [3.63, 3.8) is 0 Å². The van der Waals surface area contributed by atoms with Gasteiger partial charge in [-0.1, -0.05) is 18.2 Å². The Bertz CT molecular complexity index is 1010. The standard InChI is InChI=1S/C19H14N2O3/c1-24-19(23)12-5-6-14-15(18(22)21-17(14)10-12)9-11-3-2-4-16-13(11)7-8-20-16/h2-10,20H,1H3,(H,21,22)/b15-9+. The molecule has 2 aromatic carbocycles. The Kier molecular flexibility index (Phi) is 3.20. The second kappa shape index (κ2) is 5.38. The molecular weight excluding hydrogens is 304 g/mol. The summed E-state index contributed by atoms with van der Waals surface area (Å²) >= 11 is 0. The van der Waals surface area contributed by atoms with Gasteiger partial charge in [0.1, 0.15) is 0 Å². The summed E-state index contributed by atoms with van der Waals surface area (Å²) in [7, 11) is 1.33. The number of esters is 1. The van der Waals surface area contributed by atoms with E-state index in [-0.39, 0.29) is 5.91 Å². The molecule has 4 rings (SSSR count). The Hall–Kier alpha value is -3.34. The first kappa shape index (κ1) is 14.3. The third-order valence-electron chi connectivity index (χ3n) is 4.15. The molecule has 0 unspecified atom stereocenters. The second-order valence-electron chi connectivity index (χ2n) is 5.55. The highest BCUT2D eigenvalue weighted by Crippen LogP contribution is 2.34. The maximum atomic E-state index is 12.4. The normalized spacial score (nSPS) is 14.7. The van der Waals surface area contributed by atoms with E-state index in [1.165, 1.54) is 7.11 Å².